The molecule has 24 heavy (non-hydrogen) atoms. The first-order chi connectivity index (χ1) is 11.4. The van der Waals surface area contributed by atoms with E-state index in [0.717, 1.165) is 4.70 Å². The van der Waals surface area contributed by atoms with Crippen molar-refractivity contribution in [3.05, 3.63) is 46.4 Å². The lowest BCUT2D eigenvalue weighted by atomic mass is 10.3. The molecule has 1 N–H and O–H groups in total. The van der Waals surface area contributed by atoms with Gasteiger partial charge in [-0.3, -0.25) is 4.72 Å². The third-order valence-corrected chi connectivity index (χ3v) is 6.19. The molecule has 0 unspecified atom stereocenters. The molecule has 2 aromatic carbocycles. The van der Waals surface area contributed by atoms with Crippen LogP contribution in [-0.2, 0) is 10.0 Å². The highest BCUT2D eigenvalue weighted by molar-refractivity contribution is 7.93. The molecule has 126 valence electrons. The average molecular weight is 403 g/mol. The van der Waals surface area contributed by atoms with Gasteiger partial charge in [-0.1, -0.05) is 34.5 Å². The van der Waals surface area contributed by atoms with Crippen molar-refractivity contribution in [1.29, 1.82) is 0 Å². The topological polar surface area (TPSA) is 68.3 Å². The van der Waals surface area contributed by atoms with Gasteiger partial charge in [-0.15, -0.1) is 0 Å². The van der Waals surface area contributed by atoms with Crippen molar-refractivity contribution in [2.24, 2.45) is 0 Å². The zero-order valence-electron chi connectivity index (χ0n) is 12.4. The van der Waals surface area contributed by atoms with Crippen LogP contribution in [0.25, 0.3) is 10.2 Å². The molecule has 5 nitrogen and oxygen atoms in total. The van der Waals surface area contributed by atoms with Gasteiger partial charge in [0.05, 0.1) is 21.8 Å². The molecule has 0 saturated carbocycles. The van der Waals surface area contributed by atoms with E-state index in [0.29, 0.717) is 17.9 Å². The van der Waals surface area contributed by atoms with Gasteiger partial charge in [-0.05, 0) is 43.3 Å². The van der Waals surface area contributed by atoms with E-state index in [1.807, 2.05) is 13.0 Å². The molecule has 0 spiro atoms. The van der Waals surface area contributed by atoms with Gasteiger partial charge < -0.3 is 4.74 Å². The smallest absolute Gasteiger partial charge is 0.265 e. The van der Waals surface area contributed by atoms with Crippen molar-refractivity contribution in [1.82, 2.24) is 4.98 Å². The predicted octanol–water partition coefficient (Wildman–Crippen LogP) is 4.80. The molecule has 9 heteroatoms. The molecule has 0 aliphatic rings. The SMILES string of the molecule is CCOc1ccc2nc(NS(=O)(=O)c3cc(Cl)ccc3Cl)sc2c1. The van der Waals surface area contributed by atoms with E-state index in [9.17, 15) is 8.42 Å². The van der Waals surface area contributed by atoms with Crippen LogP contribution in [0.2, 0.25) is 10.0 Å². The molecule has 1 aromatic heterocycles. The third-order valence-electron chi connectivity index (χ3n) is 3.08. The molecule has 1 heterocycles. The van der Waals surface area contributed by atoms with Gasteiger partial charge in [0.2, 0.25) is 0 Å². The Hall–Kier alpha value is -1.54. The van der Waals surface area contributed by atoms with Crippen LogP contribution in [0, 0.1) is 0 Å². The molecule has 0 saturated heterocycles. The number of hydrogen-bond acceptors (Lipinski definition) is 5. The lowest BCUT2D eigenvalue weighted by Gasteiger charge is -2.07. The highest BCUT2D eigenvalue weighted by Gasteiger charge is 2.20. The number of rotatable bonds is 5. The van der Waals surface area contributed by atoms with Crippen molar-refractivity contribution < 1.29 is 13.2 Å². The number of sulfonamides is 1. The summed E-state index contributed by atoms with van der Waals surface area (Å²) in [5.74, 6) is 0.709. The van der Waals surface area contributed by atoms with Gasteiger partial charge >= 0.3 is 0 Å². The average Bonchev–Trinajstić information content (AvgIpc) is 2.90. The van der Waals surface area contributed by atoms with Crippen molar-refractivity contribution in [2.75, 3.05) is 11.3 Å². The maximum absolute atomic E-state index is 12.5. The Labute approximate surface area is 153 Å². The molecule has 0 fully saturated rings. The summed E-state index contributed by atoms with van der Waals surface area (Å²) in [7, 11) is -3.88. The Morgan fingerprint density at radius 2 is 2.00 bits per heavy atom. The Morgan fingerprint density at radius 3 is 2.75 bits per heavy atom. The number of ether oxygens (including phenoxy) is 1. The summed E-state index contributed by atoms with van der Waals surface area (Å²) in [5, 5.41) is 0.617. The first-order valence-corrected chi connectivity index (χ1v) is 9.96. The minimum Gasteiger partial charge on any atom is -0.494 e. The van der Waals surface area contributed by atoms with E-state index in [1.165, 1.54) is 29.5 Å². The molecule has 0 atom stereocenters. The van der Waals surface area contributed by atoms with Gasteiger partial charge in [-0.25, -0.2) is 13.4 Å². The highest BCUT2D eigenvalue weighted by Crippen LogP contribution is 2.32. The number of anilines is 1. The summed E-state index contributed by atoms with van der Waals surface area (Å²) in [6, 6.07) is 9.65. The summed E-state index contributed by atoms with van der Waals surface area (Å²) in [6.45, 7) is 2.45. The van der Waals surface area contributed by atoms with Crippen LogP contribution in [0.3, 0.4) is 0 Å². The second-order valence-electron chi connectivity index (χ2n) is 4.76. The summed E-state index contributed by atoms with van der Waals surface area (Å²) in [4.78, 5) is 4.18. The maximum atomic E-state index is 12.5. The minimum absolute atomic E-state index is 0.0895. The van der Waals surface area contributed by atoms with Gasteiger partial charge in [-0.2, -0.15) is 0 Å². The van der Waals surface area contributed by atoms with E-state index in [4.69, 9.17) is 27.9 Å². The summed E-state index contributed by atoms with van der Waals surface area (Å²) < 4.78 is 33.7. The van der Waals surface area contributed by atoms with Crippen molar-refractivity contribution in [3.63, 3.8) is 0 Å². The lowest BCUT2D eigenvalue weighted by molar-refractivity contribution is 0.341. The summed E-state index contributed by atoms with van der Waals surface area (Å²) in [6.07, 6.45) is 0. The van der Waals surface area contributed by atoms with Crippen LogP contribution >= 0.6 is 34.5 Å². The van der Waals surface area contributed by atoms with E-state index in [-0.39, 0.29) is 20.1 Å². The van der Waals surface area contributed by atoms with Crippen LogP contribution < -0.4 is 9.46 Å². The molecule has 0 bridgehead atoms. The van der Waals surface area contributed by atoms with Crippen LogP contribution in [0.5, 0.6) is 5.75 Å². The number of fused-ring (bicyclic) bond motifs is 1. The second kappa shape index (κ2) is 6.76. The Balaban J connectivity index is 1.95. The standard InChI is InChI=1S/C15H12Cl2N2O3S2/c1-2-22-10-4-6-12-13(8-10)23-15(18-12)19-24(20,21)14-7-9(16)3-5-11(14)17/h3-8H,2H2,1H3,(H,18,19). The summed E-state index contributed by atoms with van der Waals surface area (Å²) in [5.41, 5.74) is 0.679. The molecule has 0 aliphatic carbocycles. The van der Waals surface area contributed by atoms with E-state index >= 15 is 0 Å². The fraction of sp³-hybridized carbons (Fsp3) is 0.133. The monoisotopic (exact) mass is 402 g/mol. The molecule has 0 aliphatic heterocycles. The van der Waals surface area contributed by atoms with Crippen molar-refractivity contribution in [2.45, 2.75) is 11.8 Å². The van der Waals surface area contributed by atoms with E-state index in [2.05, 4.69) is 9.71 Å². The number of halogens is 2. The van der Waals surface area contributed by atoms with Crippen LogP contribution in [0.15, 0.2) is 41.3 Å². The number of aromatic nitrogens is 1. The highest BCUT2D eigenvalue weighted by atomic mass is 35.5. The van der Waals surface area contributed by atoms with Crippen LogP contribution in [0.1, 0.15) is 6.92 Å². The number of hydrogen-bond donors (Lipinski definition) is 1. The van der Waals surface area contributed by atoms with Crippen molar-refractivity contribution >= 4 is 59.9 Å². The molecular formula is C15H12Cl2N2O3S2. The zero-order valence-corrected chi connectivity index (χ0v) is 15.6. The normalized spacial score (nSPS) is 11.6. The number of thiazole rings is 1. The zero-order chi connectivity index (χ0) is 17.3. The van der Waals surface area contributed by atoms with Crippen molar-refractivity contribution in [3.8, 4) is 5.75 Å². The first kappa shape index (κ1) is 17.3. The molecule has 0 radical (unpaired) electrons. The number of benzene rings is 2. The Morgan fingerprint density at radius 1 is 1.21 bits per heavy atom. The van der Waals surface area contributed by atoms with Gasteiger partial charge in [0.25, 0.3) is 10.0 Å². The van der Waals surface area contributed by atoms with Gasteiger partial charge in [0.1, 0.15) is 10.6 Å². The maximum Gasteiger partial charge on any atom is 0.265 e. The van der Waals surface area contributed by atoms with E-state index < -0.39 is 10.0 Å². The molecule has 3 rings (SSSR count). The van der Waals surface area contributed by atoms with Crippen LogP contribution in [0.4, 0.5) is 5.13 Å². The number of nitrogens with one attached hydrogen (secondary N) is 1. The Bertz CT molecular complexity index is 1000. The van der Waals surface area contributed by atoms with Gasteiger partial charge in [0.15, 0.2) is 5.13 Å². The summed E-state index contributed by atoms with van der Waals surface area (Å²) >= 11 is 13.0. The molecule has 0 amide bonds. The van der Waals surface area contributed by atoms with E-state index in [1.54, 1.807) is 12.1 Å². The third kappa shape index (κ3) is 3.59. The largest absolute Gasteiger partial charge is 0.494 e. The minimum atomic E-state index is -3.88. The predicted molar refractivity (Wildman–Crippen MR) is 98.1 cm³/mol. The molecular weight excluding hydrogens is 391 g/mol. The number of nitrogens with zero attached hydrogens (tertiary/aromatic N) is 1. The quantitative estimate of drug-likeness (QED) is 0.664. The molecule has 3 aromatic rings. The van der Waals surface area contributed by atoms with Crippen LogP contribution in [-0.4, -0.2) is 20.0 Å². The fourth-order valence-corrected chi connectivity index (χ4v) is 4.95. The van der Waals surface area contributed by atoms with Gasteiger partial charge in [0, 0.05) is 5.02 Å². The fourth-order valence-electron chi connectivity index (χ4n) is 2.06. The first-order valence-electron chi connectivity index (χ1n) is 6.90. The Kier molecular flexibility index (Phi) is 4.87. The lowest BCUT2D eigenvalue weighted by Crippen LogP contribution is -2.13. The second-order valence-corrected chi connectivity index (χ2v) is 8.29.